The number of morpholine rings is 1. The lowest BCUT2D eigenvalue weighted by Crippen LogP contribution is -2.48. The lowest BCUT2D eigenvalue weighted by Gasteiger charge is -2.26. The first-order valence-corrected chi connectivity index (χ1v) is 11.4. The molecule has 1 heterocycles. The van der Waals surface area contributed by atoms with Gasteiger partial charge >= 0.3 is 0 Å². The number of nitrogens with one attached hydrogen (secondary N) is 1. The maximum absolute atomic E-state index is 14.3. The van der Waals surface area contributed by atoms with Crippen LogP contribution in [0.1, 0.15) is 34.0 Å². The van der Waals surface area contributed by atoms with E-state index in [2.05, 4.69) is 22.1 Å². The molecule has 1 aliphatic rings. The number of ether oxygens (including phenoxy) is 1. The smallest absolute Gasteiger partial charge is 0.251 e. The molecular formula is C27H29FN2O5. The molecule has 1 saturated heterocycles. The van der Waals surface area contributed by atoms with Crippen molar-refractivity contribution in [3.8, 4) is 11.8 Å². The molecule has 0 saturated carbocycles. The molecule has 3 rings (SSSR count). The molecule has 1 amide bonds. The topological polar surface area (TPSA) is 99.1 Å². The number of hydrogen-bond acceptors (Lipinski definition) is 6. The van der Waals surface area contributed by atoms with E-state index in [4.69, 9.17) is 9.84 Å². The minimum Gasteiger partial charge on any atom is -0.391 e. The second-order valence-electron chi connectivity index (χ2n) is 8.27. The summed E-state index contributed by atoms with van der Waals surface area (Å²) in [6.45, 7) is 4.72. The van der Waals surface area contributed by atoms with E-state index < -0.39 is 36.3 Å². The first-order valence-electron chi connectivity index (χ1n) is 11.4. The fourth-order valence-corrected chi connectivity index (χ4v) is 3.55. The number of aliphatic hydroxyl groups excluding tert-OH is 2. The SMILES string of the molecule is C[C@@H](O)[C@H](NC(=O)c1ccc(C=C(F)C#Cc2ccc(CN3CCOCC3)cc2)cc1)C(=O)CO. The zero-order chi connectivity index (χ0) is 25.2. The zero-order valence-electron chi connectivity index (χ0n) is 19.5. The molecule has 7 nitrogen and oxygen atoms in total. The van der Waals surface area contributed by atoms with Crippen LogP contribution in [0.15, 0.2) is 54.4 Å². The first kappa shape index (κ1) is 26.3. The van der Waals surface area contributed by atoms with E-state index in [-0.39, 0.29) is 5.56 Å². The van der Waals surface area contributed by atoms with Gasteiger partial charge in [-0.15, -0.1) is 0 Å². The van der Waals surface area contributed by atoms with Gasteiger partial charge in [0.05, 0.1) is 19.3 Å². The number of carbonyl (C=O) groups excluding carboxylic acids is 2. The van der Waals surface area contributed by atoms with Crippen LogP contribution in [-0.4, -0.2) is 71.9 Å². The van der Waals surface area contributed by atoms with Crippen molar-refractivity contribution in [1.29, 1.82) is 0 Å². The number of hydrogen-bond donors (Lipinski definition) is 3. The number of allylic oxidation sites excluding steroid dienone is 1. The second kappa shape index (κ2) is 12.9. The van der Waals surface area contributed by atoms with Gasteiger partial charge in [0, 0.05) is 30.8 Å². The third kappa shape index (κ3) is 8.12. The van der Waals surface area contributed by atoms with E-state index in [1.54, 1.807) is 12.1 Å². The van der Waals surface area contributed by atoms with Crippen molar-refractivity contribution in [1.82, 2.24) is 10.2 Å². The predicted octanol–water partition coefficient (Wildman–Crippen LogP) is 1.92. The van der Waals surface area contributed by atoms with Crippen LogP contribution in [-0.2, 0) is 16.1 Å². The summed E-state index contributed by atoms with van der Waals surface area (Å²) in [5, 5.41) is 21.0. The summed E-state index contributed by atoms with van der Waals surface area (Å²) in [6, 6.07) is 12.5. The minimum atomic E-state index is -1.21. The summed E-state index contributed by atoms with van der Waals surface area (Å²) in [5.74, 6) is 3.39. The lowest BCUT2D eigenvalue weighted by molar-refractivity contribution is -0.125. The molecule has 2 aromatic rings. The second-order valence-corrected chi connectivity index (χ2v) is 8.27. The average Bonchev–Trinajstić information content (AvgIpc) is 2.87. The van der Waals surface area contributed by atoms with Gasteiger partial charge in [-0.1, -0.05) is 30.2 Å². The molecule has 2 aromatic carbocycles. The molecule has 2 atom stereocenters. The maximum Gasteiger partial charge on any atom is 0.251 e. The van der Waals surface area contributed by atoms with Crippen LogP contribution in [0.4, 0.5) is 4.39 Å². The molecule has 3 N–H and O–H groups in total. The van der Waals surface area contributed by atoms with Gasteiger partial charge < -0.3 is 20.3 Å². The number of amides is 1. The highest BCUT2D eigenvalue weighted by Gasteiger charge is 2.25. The van der Waals surface area contributed by atoms with Crippen LogP contribution >= 0.6 is 0 Å². The van der Waals surface area contributed by atoms with Gasteiger partial charge in [-0.3, -0.25) is 14.5 Å². The van der Waals surface area contributed by atoms with Crippen LogP contribution < -0.4 is 5.32 Å². The number of aliphatic hydroxyl groups is 2. The summed E-state index contributed by atoms with van der Waals surface area (Å²) in [7, 11) is 0. The van der Waals surface area contributed by atoms with Crippen molar-refractivity contribution in [2.45, 2.75) is 25.6 Å². The largest absolute Gasteiger partial charge is 0.391 e. The molecule has 0 spiro atoms. The van der Waals surface area contributed by atoms with Gasteiger partial charge in [0.15, 0.2) is 11.6 Å². The van der Waals surface area contributed by atoms with Crippen molar-refractivity contribution >= 4 is 17.8 Å². The van der Waals surface area contributed by atoms with Crippen molar-refractivity contribution < 1.29 is 28.9 Å². The van der Waals surface area contributed by atoms with Gasteiger partial charge in [0.2, 0.25) is 0 Å². The number of ketones is 1. The third-order valence-electron chi connectivity index (χ3n) is 5.53. The predicted molar refractivity (Wildman–Crippen MR) is 130 cm³/mol. The number of nitrogens with zero attached hydrogens (tertiary/aromatic N) is 1. The van der Waals surface area contributed by atoms with E-state index in [0.717, 1.165) is 38.4 Å². The lowest BCUT2D eigenvalue weighted by atomic mass is 10.1. The molecule has 184 valence electrons. The standard InChI is InChI=1S/C27H29FN2O5/c1-19(32)26(25(33)18-31)29-27(34)23-9-6-21(7-10-23)16-24(28)11-8-20-2-4-22(5-3-20)17-30-12-14-35-15-13-30/h2-7,9-10,16,19,26,31-32H,12-15,17-18H2,1H3,(H,29,34)/t19-,26+/m1/s1. The highest BCUT2D eigenvalue weighted by atomic mass is 19.1. The molecule has 0 aliphatic carbocycles. The Labute approximate surface area is 204 Å². The molecular weight excluding hydrogens is 451 g/mol. The van der Waals surface area contributed by atoms with Crippen molar-refractivity contribution in [3.63, 3.8) is 0 Å². The molecule has 0 radical (unpaired) electrons. The Morgan fingerprint density at radius 1 is 1.14 bits per heavy atom. The first-order chi connectivity index (χ1) is 16.9. The minimum absolute atomic E-state index is 0.224. The Morgan fingerprint density at radius 2 is 1.80 bits per heavy atom. The van der Waals surface area contributed by atoms with E-state index in [1.165, 1.54) is 25.1 Å². The van der Waals surface area contributed by atoms with Crippen LogP contribution in [0.5, 0.6) is 0 Å². The normalized spacial score (nSPS) is 16.1. The monoisotopic (exact) mass is 480 g/mol. The fraction of sp³-hybridized carbons (Fsp3) is 0.333. The van der Waals surface area contributed by atoms with Gasteiger partial charge in [-0.25, -0.2) is 0 Å². The Balaban J connectivity index is 1.58. The number of rotatable bonds is 8. The molecule has 35 heavy (non-hydrogen) atoms. The van der Waals surface area contributed by atoms with Crippen LogP contribution in [0.25, 0.3) is 6.08 Å². The average molecular weight is 481 g/mol. The van der Waals surface area contributed by atoms with Crippen LogP contribution in [0.2, 0.25) is 0 Å². The zero-order valence-corrected chi connectivity index (χ0v) is 19.5. The molecule has 8 heteroatoms. The Hall–Kier alpha value is -3.35. The number of carbonyl (C=O) groups is 2. The summed E-state index contributed by atoms with van der Waals surface area (Å²) in [6.07, 6.45) is 0.101. The van der Waals surface area contributed by atoms with Gasteiger partial charge in [0.25, 0.3) is 5.91 Å². The van der Waals surface area contributed by atoms with Crippen LogP contribution in [0, 0.1) is 11.8 Å². The fourth-order valence-electron chi connectivity index (χ4n) is 3.55. The number of Topliss-reactive ketones (excluding diaryl/α,β-unsaturated/α-hetero) is 1. The summed E-state index contributed by atoms with van der Waals surface area (Å²) in [4.78, 5) is 26.3. The maximum atomic E-state index is 14.3. The molecule has 0 unspecified atom stereocenters. The summed E-state index contributed by atoms with van der Waals surface area (Å²) >= 11 is 0. The van der Waals surface area contributed by atoms with E-state index in [1.807, 2.05) is 24.3 Å². The van der Waals surface area contributed by atoms with Crippen LogP contribution in [0.3, 0.4) is 0 Å². The van der Waals surface area contributed by atoms with Crippen molar-refractivity contribution in [3.05, 3.63) is 76.6 Å². The quantitative estimate of drug-likeness (QED) is 0.500. The van der Waals surface area contributed by atoms with Crippen molar-refractivity contribution in [2.24, 2.45) is 0 Å². The van der Waals surface area contributed by atoms with Gasteiger partial charge in [0.1, 0.15) is 12.6 Å². The summed E-state index contributed by atoms with van der Waals surface area (Å²) < 4.78 is 19.7. The molecule has 1 fully saturated rings. The molecule has 0 bridgehead atoms. The van der Waals surface area contributed by atoms with Crippen molar-refractivity contribution in [2.75, 3.05) is 32.9 Å². The van der Waals surface area contributed by atoms with Gasteiger partial charge in [-0.2, -0.15) is 4.39 Å². The Kier molecular flexibility index (Phi) is 9.70. The summed E-state index contributed by atoms with van der Waals surface area (Å²) in [5.41, 5.74) is 2.60. The molecule has 0 aromatic heterocycles. The highest BCUT2D eigenvalue weighted by molar-refractivity contribution is 5.98. The van der Waals surface area contributed by atoms with E-state index >= 15 is 0 Å². The van der Waals surface area contributed by atoms with E-state index in [0.29, 0.717) is 11.1 Å². The molecule has 1 aliphatic heterocycles. The third-order valence-corrected chi connectivity index (χ3v) is 5.53. The number of halogens is 1. The van der Waals surface area contributed by atoms with Gasteiger partial charge in [-0.05, 0) is 54.3 Å². The number of benzene rings is 2. The Bertz CT molecular complexity index is 1100. The highest BCUT2D eigenvalue weighted by Crippen LogP contribution is 2.12. The Morgan fingerprint density at radius 3 is 2.40 bits per heavy atom. The van der Waals surface area contributed by atoms with E-state index in [9.17, 15) is 19.1 Å².